The predicted molar refractivity (Wildman–Crippen MR) is 435 cm³/mol. The Morgan fingerprint density at radius 2 is 0.754 bits per heavy atom. The molecule has 0 fully saturated rings. The number of thiophene rings is 2. The first kappa shape index (κ1) is 86.9. The first-order valence-electron chi connectivity index (χ1n) is 36.0. The summed E-state index contributed by atoms with van der Waals surface area (Å²) in [5.41, 5.74) is 11.3. The molecule has 2 aromatic heterocycles. The fourth-order valence-corrected chi connectivity index (χ4v) is 18.9. The van der Waals surface area contributed by atoms with Gasteiger partial charge in [-0.3, -0.25) is 9.59 Å². The number of carbonyl (C=O) groups is 2. The number of fused-ring (bicyclic) bond motifs is 2. The number of amides is 2. The van der Waals surface area contributed by atoms with Crippen molar-refractivity contribution in [2.45, 2.75) is 34.8 Å². The molecule has 0 aliphatic heterocycles. The summed E-state index contributed by atoms with van der Waals surface area (Å²) in [6.07, 6.45) is -2.04. The Hall–Kier alpha value is -12.0. The number of benzene rings is 10. The summed E-state index contributed by atoms with van der Waals surface area (Å²) in [4.78, 5) is 47.7. The molecule has 10 aromatic carbocycles. The molecule has 118 heavy (non-hydrogen) atoms. The summed E-state index contributed by atoms with van der Waals surface area (Å²) < 4.78 is 169. The number of ether oxygens (including phenoxy) is 8. The van der Waals surface area contributed by atoms with Crippen molar-refractivity contribution in [1.82, 2.24) is 20.1 Å². The maximum absolute atomic E-state index is 14.0. The van der Waals surface area contributed by atoms with Crippen molar-refractivity contribution >= 4 is 89.9 Å². The number of rotatable bonds is 40. The molecule has 12 aromatic rings. The Morgan fingerprint density at radius 1 is 0.415 bits per heavy atom. The molecule has 36 heteroatoms. The van der Waals surface area contributed by atoms with Crippen molar-refractivity contribution in [3.05, 3.63) is 287 Å². The lowest BCUT2D eigenvalue weighted by Crippen LogP contribution is -2.52. The Morgan fingerprint density at radius 3 is 1.09 bits per heavy atom. The maximum Gasteiger partial charge on any atom is 0.391 e. The van der Waals surface area contributed by atoms with Gasteiger partial charge < -0.3 is 78.8 Å². The fourth-order valence-electron chi connectivity index (χ4n) is 11.0. The molecule has 12 N–H and O–H groups in total. The normalized spacial score (nSPS) is 12.2. The molecule has 2 atom stereocenters. The van der Waals surface area contributed by atoms with E-state index in [0.717, 1.165) is 81.3 Å². The highest BCUT2D eigenvalue weighted by atomic mass is 32.3. The number of para-hydroxylation sites is 2. The number of nitrogens with zero attached hydrogens (tertiary/aromatic N) is 2. The van der Waals surface area contributed by atoms with Gasteiger partial charge in [-0.05, 0) is 106 Å². The third-order valence-corrected chi connectivity index (χ3v) is 25.1. The van der Waals surface area contributed by atoms with E-state index in [-0.39, 0.29) is 131 Å². The lowest BCUT2D eigenvalue weighted by atomic mass is 10.1. The average molecular weight is 1720 g/mol. The molecule has 2 heterocycles. The number of hydrogen-bond donors (Lipinski definition) is 8. The van der Waals surface area contributed by atoms with Crippen molar-refractivity contribution in [1.29, 1.82) is 10.5 Å². The van der Waals surface area contributed by atoms with E-state index in [4.69, 9.17) is 57.5 Å². The van der Waals surface area contributed by atoms with E-state index in [1.54, 1.807) is 72.8 Å². The Balaban J connectivity index is 0.000000231. The molecule has 0 saturated carbocycles. The van der Waals surface area contributed by atoms with Gasteiger partial charge in [0.2, 0.25) is 0 Å². The number of carbonyl (C=O) groups excluding carboxylic acids is 2. The van der Waals surface area contributed by atoms with Crippen molar-refractivity contribution in [3.63, 3.8) is 0 Å². The Bertz CT molecular complexity index is 5580. The highest BCUT2D eigenvalue weighted by Gasteiger charge is 2.31. The molecule has 0 aliphatic carbocycles. The minimum Gasteiger partial charge on any atom is -0.488 e. The van der Waals surface area contributed by atoms with E-state index in [2.05, 4.69) is 31.5 Å². The number of sulfonamides is 2. The lowest BCUT2D eigenvalue weighted by molar-refractivity contribution is -0.371. The molecule has 0 saturated heterocycles. The minimum absolute atomic E-state index is 0.00809. The van der Waals surface area contributed by atoms with Crippen LogP contribution in [0.5, 0.6) is 57.5 Å². The summed E-state index contributed by atoms with van der Waals surface area (Å²) in [6, 6.07) is 66.8. The maximum atomic E-state index is 14.0. The third-order valence-electron chi connectivity index (χ3n) is 16.6. The van der Waals surface area contributed by atoms with Crippen LogP contribution in [0, 0.1) is 34.3 Å². The predicted octanol–water partition coefficient (Wildman–Crippen LogP) is 12.0. The second-order valence-electron chi connectivity index (χ2n) is 25.4. The Kier molecular flexibility index (Phi) is 30.4. The van der Waals surface area contributed by atoms with Gasteiger partial charge in [0, 0.05) is 33.7 Å². The summed E-state index contributed by atoms with van der Waals surface area (Å²) in [7, 11) is -17.9. The van der Waals surface area contributed by atoms with Crippen LogP contribution in [-0.4, -0.2) is 104 Å². The molecule has 612 valence electrons. The largest absolute Gasteiger partial charge is 0.488 e. The van der Waals surface area contributed by atoms with Crippen LogP contribution in [0.3, 0.4) is 0 Å². The molecule has 12 rings (SSSR count). The van der Waals surface area contributed by atoms with E-state index in [9.17, 15) is 54.1 Å². The van der Waals surface area contributed by atoms with Crippen LogP contribution in [0.4, 0.5) is 8.78 Å². The highest BCUT2D eigenvalue weighted by Crippen LogP contribution is 2.46. The smallest absolute Gasteiger partial charge is 0.391 e. The molecule has 2 unspecified atom stereocenters. The second-order valence-corrected chi connectivity index (χ2v) is 35.1. The zero-order valence-corrected chi connectivity index (χ0v) is 67.7. The first-order chi connectivity index (χ1) is 56.9. The monoisotopic (exact) mass is 1720 g/mol. The van der Waals surface area contributed by atoms with Gasteiger partial charge in [-0.1, -0.05) is 133 Å². The van der Waals surface area contributed by atoms with Gasteiger partial charge in [0.15, 0.2) is 46.0 Å². The topological polar surface area (TPSA) is 420 Å². The molecule has 0 spiro atoms. The molecule has 0 bridgehead atoms. The molecular formula is C82H78F2N8O20P2S4+2. The average Bonchev–Trinajstić information content (AvgIpc) is 1.62. The van der Waals surface area contributed by atoms with E-state index < -0.39 is 71.3 Å². The van der Waals surface area contributed by atoms with Crippen LogP contribution in [0.1, 0.15) is 54.1 Å². The second kappa shape index (κ2) is 41.2. The van der Waals surface area contributed by atoms with E-state index in [0.29, 0.717) is 56.3 Å². The summed E-state index contributed by atoms with van der Waals surface area (Å²) >= 11 is 1.76. The van der Waals surface area contributed by atoms with Crippen LogP contribution in [0.15, 0.2) is 239 Å². The minimum atomic E-state index is -4.64. The van der Waals surface area contributed by atoms with Gasteiger partial charge in [-0.15, -0.1) is 22.7 Å². The van der Waals surface area contributed by atoms with Gasteiger partial charge in [0.25, 0.3) is 31.9 Å². The van der Waals surface area contributed by atoms with Gasteiger partial charge in [0.1, 0.15) is 122 Å². The van der Waals surface area contributed by atoms with Crippen LogP contribution in [-0.2, 0) is 55.6 Å². The molecule has 28 nitrogen and oxygen atoms in total. The van der Waals surface area contributed by atoms with Gasteiger partial charge >= 0.3 is 15.2 Å². The van der Waals surface area contributed by atoms with Crippen LogP contribution in [0.25, 0.3) is 20.2 Å². The summed E-state index contributed by atoms with van der Waals surface area (Å²) in [6.45, 7) is 2.44. The van der Waals surface area contributed by atoms with Crippen molar-refractivity contribution < 1.29 is 113 Å². The fraction of sp³-hybridized carbons (Fsp3) is 0.171. The van der Waals surface area contributed by atoms with Crippen molar-refractivity contribution in [2.24, 2.45) is 0 Å². The number of nitrogens with one attached hydrogen (secondary N) is 4. The quantitative estimate of drug-likeness (QED) is 0.0131. The van der Waals surface area contributed by atoms with Gasteiger partial charge in [0.05, 0.1) is 35.3 Å². The Labute approximate surface area is 685 Å². The van der Waals surface area contributed by atoms with Crippen molar-refractivity contribution in [2.75, 3.05) is 65.2 Å². The lowest BCUT2D eigenvalue weighted by Gasteiger charge is -2.17. The number of nitriles is 2. The van der Waals surface area contributed by atoms with E-state index >= 15 is 0 Å². The molecule has 2 amide bonds. The highest BCUT2D eigenvalue weighted by molar-refractivity contribution is 7.92. The summed E-state index contributed by atoms with van der Waals surface area (Å²) in [5, 5.41) is 24.5. The van der Waals surface area contributed by atoms with Gasteiger partial charge in [-0.2, -0.15) is 20.0 Å². The zero-order chi connectivity index (χ0) is 83.7. The first-order valence-corrected chi connectivity index (χ1v) is 44.2. The molecule has 0 aliphatic rings. The standard InChI is InChI=1S/2C41H38FN4O10PS2/c42-34-22-32(15-14-30(34)24-44)56-57(48,49)27-46-59(50,51)39-21-31-20-36(37(52-18-16-43)23-38(31)58-39)53-19-17-45-41(47)33-12-7-13-35(54-25-28-8-3-1-4-9-28)40(33)55-26-29-10-5-2-6-11-29;42-34-22-32(15-14-30(34)24-44)56-57(48,49)27-46-59(50,51)39-21-31-20-36(52-18-16-43)37(23-38(31)58-39)53-19-17-45-41(47)33-12-7-13-35(54-25-28-8-3-1-4-9-28)40(33)55-26-29-10-5-2-6-11-29/h2*1-15,20-23,46H,16-19,25-27,43H2,(H,45,47)(H,48,49)/p+2. The number of quaternary nitrogens is 2. The summed E-state index contributed by atoms with van der Waals surface area (Å²) in [5.74, 6) is -0.924. The SMILES string of the molecule is N#Cc1ccc(OP(=O)(O)CNS(=O)(=O)c2cc3cc(OCCNC(=O)c4cccc(OCc5ccccc5)c4OCc4ccccc4)c(OCC[NH3+])cc3s2)cc1F.N#Cc1ccc(OP(=O)(O)CNS(=O)(=O)c2cc3cc(OCC[NH3+])c(OCCNC(=O)c4cccc(OCc5ccccc5)c4OCc4ccccc4)cc3s2)cc1F. The van der Waals surface area contributed by atoms with E-state index in [1.807, 2.05) is 121 Å². The zero-order valence-electron chi connectivity index (χ0n) is 62.7. The molecule has 0 radical (unpaired) electrons. The van der Waals surface area contributed by atoms with Crippen molar-refractivity contribution in [3.8, 4) is 69.6 Å². The van der Waals surface area contributed by atoms with Crippen LogP contribution < -0.4 is 78.5 Å². The number of hydrogen-bond acceptors (Lipinski definition) is 22. The van der Waals surface area contributed by atoms with E-state index in [1.165, 1.54) is 12.1 Å². The van der Waals surface area contributed by atoms with Crippen LogP contribution >= 0.6 is 37.9 Å². The van der Waals surface area contributed by atoms with Crippen LogP contribution in [0.2, 0.25) is 0 Å². The number of halogens is 2. The van der Waals surface area contributed by atoms with Gasteiger partial charge in [-0.25, -0.2) is 34.7 Å². The third kappa shape index (κ3) is 24.6. The molecular weight excluding hydrogens is 1650 g/mol.